The molecule has 1 saturated carbocycles. The third kappa shape index (κ3) is 1.54. The van der Waals surface area contributed by atoms with Gasteiger partial charge in [-0.15, -0.1) is 0 Å². The van der Waals surface area contributed by atoms with Gasteiger partial charge in [-0.1, -0.05) is 36.4 Å². The van der Waals surface area contributed by atoms with E-state index < -0.39 is 0 Å². The summed E-state index contributed by atoms with van der Waals surface area (Å²) >= 11 is 0. The van der Waals surface area contributed by atoms with Crippen molar-refractivity contribution in [2.45, 2.75) is 24.7 Å². The summed E-state index contributed by atoms with van der Waals surface area (Å²) in [5.41, 5.74) is 3.25. The van der Waals surface area contributed by atoms with E-state index in [1.165, 1.54) is 11.1 Å². The summed E-state index contributed by atoms with van der Waals surface area (Å²) in [5.74, 6) is 1.10. The van der Waals surface area contributed by atoms with E-state index >= 15 is 0 Å². The molecule has 0 radical (unpaired) electrons. The van der Waals surface area contributed by atoms with Crippen molar-refractivity contribution in [3.05, 3.63) is 65.2 Å². The average molecular weight is 264 g/mol. The molecule has 1 fully saturated rings. The number of aromatic hydroxyl groups is 1. The third-order valence-electron chi connectivity index (χ3n) is 4.90. The van der Waals surface area contributed by atoms with E-state index in [2.05, 4.69) is 24.3 Å². The molecular weight excluding hydrogens is 248 g/mol. The molecule has 0 aromatic heterocycles. The molecule has 0 unspecified atom stereocenters. The van der Waals surface area contributed by atoms with E-state index in [1.54, 1.807) is 18.2 Å². The van der Waals surface area contributed by atoms with Crippen LogP contribution in [0.15, 0.2) is 48.5 Å². The van der Waals surface area contributed by atoms with Crippen molar-refractivity contribution in [1.29, 1.82) is 0 Å². The lowest BCUT2D eigenvalue weighted by atomic mass is 9.79. The monoisotopic (exact) mass is 264 g/mol. The number of Topliss-reactive ketones (excluding diaryl/α,β-unsaturated/α-hetero) is 1. The zero-order valence-electron chi connectivity index (χ0n) is 11.1. The van der Waals surface area contributed by atoms with Crippen LogP contribution in [-0.4, -0.2) is 10.9 Å². The zero-order valence-corrected chi connectivity index (χ0v) is 11.1. The first-order valence-corrected chi connectivity index (χ1v) is 7.16. The van der Waals surface area contributed by atoms with Gasteiger partial charge in [-0.3, -0.25) is 4.79 Å². The van der Waals surface area contributed by atoms with Gasteiger partial charge in [0.15, 0.2) is 5.78 Å². The van der Waals surface area contributed by atoms with Gasteiger partial charge in [-0.25, -0.2) is 0 Å². The van der Waals surface area contributed by atoms with Crippen molar-refractivity contribution in [3.63, 3.8) is 0 Å². The number of hydrogen-bond donors (Lipinski definition) is 1. The van der Waals surface area contributed by atoms with Gasteiger partial charge in [0.05, 0.1) is 5.56 Å². The van der Waals surface area contributed by atoms with Gasteiger partial charge < -0.3 is 5.11 Å². The Balaban J connectivity index is 1.70. The van der Waals surface area contributed by atoms with Crippen LogP contribution < -0.4 is 0 Å². The van der Waals surface area contributed by atoms with Crippen LogP contribution in [0.25, 0.3) is 0 Å². The maximum Gasteiger partial charge on any atom is 0.170 e. The summed E-state index contributed by atoms with van der Waals surface area (Å²) in [4.78, 5) is 12.7. The van der Waals surface area contributed by atoms with Crippen LogP contribution in [0.1, 0.15) is 46.2 Å². The first-order chi connectivity index (χ1) is 9.75. The summed E-state index contributed by atoms with van der Waals surface area (Å²) < 4.78 is 0. The Morgan fingerprint density at radius 2 is 1.65 bits per heavy atom. The normalized spacial score (nSPS) is 26.5. The lowest BCUT2D eigenvalue weighted by Gasteiger charge is -2.23. The smallest absolute Gasteiger partial charge is 0.170 e. The fraction of sp³-hybridized carbons (Fsp3) is 0.278. The van der Waals surface area contributed by atoms with Crippen LogP contribution in [0, 0.1) is 5.92 Å². The van der Waals surface area contributed by atoms with E-state index in [1.807, 2.05) is 6.07 Å². The number of carbonyl (C=O) groups is 1. The summed E-state index contributed by atoms with van der Waals surface area (Å²) in [7, 11) is 0. The first kappa shape index (κ1) is 11.7. The number of carbonyl (C=O) groups excluding carboxylic acids is 1. The minimum atomic E-state index is 0.0307. The molecule has 2 bridgehead atoms. The van der Waals surface area contributed by atoms with Gasteiger partial charge in [0.25, 0.3) is 0 Å². The number of para-hydroxylation sites is 1. The van der Waals surface area contributed by atoms with Crippen molar-refractivity contribution < 1.29 is 9.90 Å². The Kier molecular flexibility index (Phi) is 2.46. The van der Waals surface area contributed by atoms with E-state index in [9.17, 15) is 9.90 Å². The van der Waals surface area contributed by atoms with Gasteiger partial charge in [0, 0.05) is 5.92 Å². The van der Waals surface area contributed by atoms with Gasteiger partial charge in [-0.2, -0.15) is 0 Å². The molecule has 2 aromatic carbocycles. The van der Waals surface area contributed by atoms with Crippen molar-refractivity contribution in [1.82, 2.24) is 0 Å². The minimum Gasteiger partial charge on any atom is -0.507 e. The Labute approximate surface area is 118 Å². The molecule has 1 N–H and O–H groups in total. The van der Waals surface area contributed by atoms with E-state index in [-0.39, 0.29) is 17.5 Å². The minimum absolute atomic E-state index is 0.0307. The molecule has 2 aliphatic rings. The Morgan fingerprint density at radius 1 is 0.950 bits per heavy atom. The highest BCUT2D eigenvalue weighted by molar-refractivity contribution is 6.01. The maximum absolute atomic E-state index is 12.7. The van der Waals surface area contributed by atoms with Crippen molar-refractivity contribution in [3.8, 4) is 5.75 Å². The summed E-state index contributed by atoms with van der Waals surface area (Å²) in [5, 5.41) is 9.89. The van der Waals surface area contributed by atoms with Gasteiger partial charge in [0.2, 0.25) is 0 Å². The highest BCUT2D eigenvalue weighted by Crippen LogP contribution is 2.56. The Bertz CT molecular complexity index is 689. The SMILES string of the molecule is O=C(c1ccccc1O)[C@@H]1C[C@@H]2C[C@H]1c1ccccc12. The average Bonchev–Trinajstić information content (AvgIpc) is 3.06. The molecule has 2 aliphatic carbocycles. The fourth-order valence-corrected chi connectivity index (χ4v) is 4.03. The molecule has 2 heteroatoms. The standard InChI is InChI=1S/C18H16O2/c19-17-8-4-3-7-14(17)18(20)16-10-11-9-15(16)13-6-2-1-5-12(11)13/h1-8,11,15-16,19H,9-10H2/t11-,15-,16+/m0/s1. The third-order valence-corrected chi connectivity index (χ3v) is 4.90. The van der Waals surface area contributed by atoms with E-state index in [0.29, 0.717) is 17.4 Å². The predicted molar refractivity (Wildman–Crippen MR) is 77.1 cm³/mol. The molecule has 20 heavy (non-hydrogen) atoms. The largest absolute Gasteiger partial charge is 0.507 e. The lowest BCUT2D eigenvalue weighted by Crippen LogP contribution is -2.20. The number of phenols is 1. The summed E-state index contributed by atoms with van der Waals surface area (Å²) in [6.45, 7) is 0. The van der Waals surface area contributed by atoms with Gasteiger partial charge in [-0.05, 0) is 47.9 Å². The molecule has 2 aromatic rings. The lowest BCUT2D eigenvalue weighted by molar-refractivity contribution is 0.0905. The van der Waals surface area contributed by atoms with Crippen LogP contribution in [0.2, 0.25) is 0 Å². The number of rotatable bonds is 2. The highest BCUT2D eigenvalue weighted by Gasteiger charge is 2.46. The molecule has 0 aliphatic heterocycles. The van der Waals surface area contributed by atoms with Crippen LogP contribution in [0.4, 0.5) is 0 Å². The number of hydrogen-bond acceptors (Lipinski definition) is 2. The highest BCUT2D eigenvalue weighted by atomic mass is 16.3. The Hall–Kier alpha value is -2.09. The number of phenolic OH excluding ortho intramolecular Hbond substituents is 1. The van der Waals surface area contributed by atoms with Crippen molar-refractivity contribution >= 4 is 5.78 Å². The quantitative estimate of drug-likeness (QED) is 0.836. The molecular formula is C18H16O2. The number of benzene rings is 2. The molecule has 100 valence electrons. The number of fused-ring (bicyclic) bond motifs is 5. The molecule has 0 saturated heterocycles. The van der Waals surface area contributed by atoms with E-state index in [0.717, 1.165) is 12.8 Å². The second kappa shape index (κ2) is 4.20. The second-order valence-corrected chi connectivity index (χ2v) is 5.89. The van der Waals surface area contributed by atoms with Crippen molar-refractivity contribution in [2.75, 3.05) is 0 Å². The van der Waals surface area contributed by atoms with Gasteiger partial charge >= 0.3 is 0 Å². The van der Waals surface area contributed by atoms with Crippen LogP contribution in [0.3, 0.4) is 0 Å². The molecule has 2 nitrogen and oxygen atoms in total. The first-order valence-electron chi connectivity index (χ1n) is 7.16. The molecule has 0 spiro atoms. The van der Waals surface area contributed by atoms with Crippen LogP contribution in [-0.2, 0) is 0 Å². The second-order valence-electron chi connectivity index (χ2n) is 5.89. The maximum atomic E-state index is 12.7. The Morgan fingerprint density at radius 3 is 2.45 bits per heavy atom. The topological polar surface area (TPSA) is 37.3 Å². The predicted octanol–water partition coefficient (Wildman–Crippen LogP) is 3.87. The molecule has 0 amide bonds. The fourth-order valence-electron chi connectivity index (χ4n) is 4.03. The summed E-state index contributed by atoms with van der Waals surface area (Å²) in [6.07, 6.45) is 2.01. The van der Waals surface area contributed by atoms with Crippen LogP contribution in [0.5, 0.6) is 5.75 Å². The molecule has 3 atom stereocenters. The van der Waals surface area contributed by atoms with Gasteiger partial charge in [0.1, 0.15) is 5.75 Å². The molecule has 4 rings (SSSR count). The van der Waals surface area contributed by atoms with E-state index in [4.69, 9.17) is 0 Å². The zero-order chi connectivity index (χ0) is 13.7. The summed E-state index contributed by atoms with van der Waals surface area (Å²) in [6, 6.07) is 15.4. The molecule has 0 heterocycles. The number of ketones is 1. The van der Waals surface area contributed by atoms with Crippen LogP contribution >= 0.6 is 0 Å². The van der Waals surface area contributed by atoms with Crippen molar-refractivity contribution in [2.24, 2.45) is 5.92 Å².